The first-order valence-electron chi connectivity index (χ1n) is 7.32. The Balaban J connectivity index is 1.81. The van der Waals surface area contributed by atoms with Gasteiger partial charge in [-0.15, -0.1) is 0 Å². The second-order valence-corrected chi connectivity index (χ2v) is 5.70. The SMILES string of the molecule is O=[N+]([O-])c1cccnc1N(CC1CCCNC1)C1CC1. The van der Waals surface area contributed by atoms with Crippen LogP contribution in [0.3, 0.4) is 0 Å². The van der Waals surface area contributed by atoms with Gasteiger partial charge in [-0.2, -0.15) is 0 Å². The number of aromatic nitrogens is 1. The highest BCUT2D eigenvalue weighted by molar-refractivity contribution is 5.58. The lowest BCUT2D eigenvalue weighted by molar-refractivity contribution is -0.384. The Morgan fingerprint density at radius 1 is 1.45 bits per heavy atom. The van der Waals surface area contributed by atoms with Gasteiger partial charge in [0.2, 0.25) is 5.82 Å². The van der Waals surface area contributed by atoms with E-state index in [0.717, 1.165) is 32.5 Å². The summed E-state index contributed by atoms with van der Waals surface area (Å²) in [5.41, 5.74) is 0.128. The summed E-state index contributed by atoms with van der Waals surface area (Å²) in [5, 5.41) is 14.6. The van der Waals surface area contributed by atoms with Crippen LogP contribution < -0.4 is 10.2 Å². The number of hydrogen-bond donors (Lipinski definition) is 1. The molecular formula is C14H20N4O2. The summed E-state index contributed by atoms with van der Waals surface area (Å²) in [5.74, 6) is 1.11. The van der Waals surface area contributed by atoms with Crippen molar-refractivity contribution in [1.29, 1.82) is 0 Å². The molecule has 1 aromatic heterocycles. The maximum Gasteiger partial charge on any atom is 0.311 e. The molecule has 20 heavy (non-hydrogen) atoms. The van der Waals surface area contributed by atoms with Gasteiger partial charge in [0.1, 0.15) is 0 Å². The van der Waals surface area contributed by atoms with E-state index in [2.05, 4.69) is 15.2 Å². The zero-order valence-corrected chi connectivity index (χ0v) is 11.5. The number of anilines is 1. The van der Waals surface area contributed by atoms with E-state index in [9.17, 15) is 10.1 Å². The molecule has 108 valence electrons. The monoisotopic (exact) mass is 276 g/mol. The largest absolute Gasteiger partial charge is 0.348 e. The lowest BCUT2D eigenvalue weighted by Gasteiger charge is -2.30. The van der Waals surface area contributed by atoms with E-state index in [0.29, 0.717) is 17.8 Å². The van der Waals surface area contributed by atoms with Crippen molar-refractivity contribution in [2.75, 3.05) is 24.5 Å². The fourth-order valence-corrected chi connectivity index (χ4v) is 2.90. The molecule has 0 bridgehead atoms. The average Bonchev–Trinajstić information content (AvgIpc) is 3.30. The molecule has 2 heterocycles. The Labute approximate surface area is 118 Å². The fraction of sp³-hybridized carbons (Fsp3) is 0.643. The van der Waals surface area contributed by atoms with Gasteiger partial charge in [0, 0.05) is 24.8 Å². The number of nitrogens with one attached hydrogen (secondary N) is 1. The summed E-state index contributed by atoms with van der Waals surface area (Å²) in [6.45, 7) is 2.96. The van der Waals surface area contributed by atoms with Crippen molar-refractivity contribution in [2.45, 2.75) is 31.7 Å². The minimum absolute atomic E-state index is 0.128. The molecule has 6 nitrogen and oxygen atoms in total. The lowest BCUT2D eigenvalue weighted by Crippen LogP contribution is -2.39. The molecular weight excluding hydrogens is 256 g/mol. The Bertz CT molecular complexity index is 484. The van der Waals surface area contributed by atoms with Crippen molar-refractivity contribution < 1.29 is 4.92 Å². The third-order valence-electron chi connectivity index (χ3n) is 4.08. The Morgan fingerprint density at radius 3 is 2.95 bits per heavy atom. The fourth-order valence-electron chi connectivity index (χ4n) is 2.90. The summed E-state index contributed by atoms with van der Waals surface area (Å²) < 4.78 is 0. The molecule has 0 aromatic carbocycles. The van der Waals surface area contributed by atoms with Crippen molar-refractivity contribution in [3.8, 4) is 0 Å². The van der Waals surface area contributed by atoms with Crippen molar-refractivity contribution in [2.24, 2.45) is 5.92 Å². The first kappa shape index (κ1) is 13.3. The van der Waals surface area contributed by atoms with Gasteiger partial charge in [-0.25, -0.2) is 4.98 Å². The first-order chi connectivity index (χ1) is 9.75. The molecule has 1 unspecified atom stereocenters. The van der Waals surface area contributed by atoms with E-state index in [4.69, 9.17) is 0 Å². The Morgan fingerprint density at radius 2 is 2.30 bits per heavy atom. The Hall–Kier alpha value is -1.69. The highest BCUT2D eigenvalue weighted by Gasteiger charge is 2.35. The molecule has 1 aromatic rings. The van der Waals surface area contributed by atoms with Crippen LogP contribution in [0.15, 0.2) is 18.3 Å². The minimum atomic E-state index is -0.323. The molecule has 0 amide bonds. The number of nitrogens with zero attached hydrogens (tertiary/aromatic N) is 3. The average molecular weight is 276 g/mol. The second kappa shape index (κ2) is 5.75. The van der Waals surface area contributed by atoms with E-state index < -0.39 is 0 Å². The highest BCUT2D eigenvalue weighted by Crippen LogP contribution is 2.36. The van der Waals surface area contributed by atoms with Crippen LogP contribution >= 0.6 is 0 Å². The van der Waals surface area contributed by atoms with Crippen molar-refractivity contribution in [1.82, 2.24) is 10.3 Å². The molecule has 1 saturated heterocycles. The van der Waals surface area contributed by atoms with Crippen LogP contribution in [0.4, 0.5) is 11.5 Å². The standard InChI is InChI=1S/C14H20N4O2/c19-18(20)13-4-2-8-16-14(13)17(12-5-6-12)10-11-3-1-7-15-9-11/h2,4,8,11-12,15H,1,3,5-7,9-10H2. The molecule has 2 aliphatic rings. The molecule has 0 radical (unpaired) electrons. The van der Waals surface area contributed by atoms with Gasteiger partial charge in [-0.3, -0.25) is 10.1 Å². The van der Waals surface area contributed by atoms with E-state index in [1.807, 2.05) is 0 Å². The predicted molar refractivity (Wildman–Crippen MR) is 76.9 cm³/mol. The number of nitro groups is 1. The molecule has 2 fully saturated rings. The van der Waals surface area contributed by atoms with Gasteiger partial charge in [0.15, 0.2) is 0 Å². The molecule has 1 aliphatic carbocycles. The summed E-state index contributed by atoms with van der Waals surface area (Å²) in [7, 11) is 0. The maximum absolute atomic E-state index is 11.2. The van der Waals surface area contributed by atoms with Gasteiger partial charge in [-0.05, 0) is 50.8 Å². The normalized spacial score (nSPS) is 22.5. The predicted octanol–water partition coefficient (Wildman–Crippen LogP) is 1.96. The molecule has 0 spiro atoms. The molecule has 1 aliphatic heterocycles. The molecule has 3 rings (SSSR count). The van der Waals surface area contributed by atoms with Gasteiger partial charge < -0.3 is 10.2 Å². The van der Waals surface area contributed by atoms with Gasteiger partial charge in [0.25, 0.3) is 0 Å². The topological polar surface area (TPSA) is 71.3 Å². The van der Waals surface area contributed by atoms with Crippen LogP contribution in [-0.2, 0) is 0 Å². The van der Waals surface area contributed by atoms with Crippen molar-refractivity contribution in [3.05, 3.63) is 28.4 Å². The van der Waals surface area contributed by atoms with Crippen LogP contribution in [0.25, 0.3) is 0 Å². The smallest absolute Gasteiger partial charge is 0.311 e. The van der Waals surface area contributed by atoms with Gasteiger partial charge >= 0.3 is 5.69 Å². The van der Waals surface area contributed by atoms with Crippen molar-refractivity contribution in [3.63, 3.8) is 0 Å². The van der Waals surface area contributed by atoms with Crippen LogP contribution in [-0.4, -0.2) is 35.6 Å². The summed E-state index contributed by atoms with van der Waals surface area (Å²) >= 11 is 0. The molecule has 1 N–H and O–H groups in total. The van der Waals surface area contributed by atoms with Crippen LogP contribution in [0.5, 0.6) is 0 Å². The maximum atomic E-state index is 11.2. The van der Waals surface area contributed by atoms with E-state index >= 15 is 0 Å². The zero-order valence-electron chi connectivity index (χ0n) is 11.5. The lowest BCUT2D eigenvalue weighted by atomic mass is 9.99. The Kier molecular flexibility index (Phi) is 3.82. The van der Waals surface area contributed by atoms with Gasteiger partial charge in [-0.1, -0.05) is 0 Å². The molecule has 6 heteroatoms. The molecule has 1 atom stereocenters. The number of pyridine rings is 1. The van der Waals surface area contributed by atoms with E-state index in [1.54, 1.807) is 18.3 Å². The first-order valence-corrected chi connectivity index (χ1v) is 7.32. The van der Waals surface area contributed by atoms with Crippen LogP contribution in [0, 0.1) is 16.0 Å². The van der Waals surface area contributed by atoms with Gasteiger partial charge in [0.05, 0.1) is 4.92 Å². The number of hydrogen-bond acceptors (Lipinski definition) is 5. The number of piperidine rings is 1. The van der Waals surface area contributed by atoms with Crippen LogP contribution in [0.1, 0.15) is 25.7 Å². The number of rotatable bonds is 5. The third-order valence-corrected chi connectivity index (χ3v) is 4.08. The zero-order chi connectivity index (χ0) is 13.9. The highest BCUT2D eigenvalue weighted by atomic mass is 16.6. The summed E-state index contributed by atoms with van der Waals surface area (Å²) in [4.78, 5) is 17.3. The summed E-state index contributed by atoms with van der Waals surface area (Å²) in [6, 6.07) is 3.62. The summed E-state index contributed by atoms with van der Waals surface area (Å²) in [6.07, 6.45) is 6.27. The second-order valence-electron chi connectivity index (χ2n) is 5.70. The quantitative estimate of drug-likeness (QED) is 0.657. The van der Waals surface area contributed by atoms with E-state index in [-0.39, 0.29) is 10.6 Å². The third kappa shape index (κ3) is 2.90. The minimum Gasteiger partial charge on any atom is -0.348 e. The van der Waals surface area contributed by atoms with Crippen LogP contribution in [0.2, 0.25) is 0 Å². The van der Waals surface area contributed by atoms with Crippen molar-refractivity contribution >= 4 is 11.5 Å². The van der Waals surface area contributed by atoms with E-state index in [1.165, 1.54) is 12.8 Å². The molecule has 1 saturated carbocycles.